The summed E-state index contributed by atoms with van der Waals surface area (Å²) in [4.78, 5) is 0. The van der Waals surface area contributed by atoms with Gasteiger partial charge in [-0.1, -0.05) is 19.2 Å². The Morgan fingerprint density at radius 2 is 2.33 bits per heavy atom. The third-order valence-corrected chi connectivity index (χ3v) is 3.39. The Hall–Kier alpha value is -1.06. The van der Waals surface area contributed by atoms with E-state index in [4.69, 9.17) is 5.73 Å². The number of rotatable bonds is 6. The third kappa shape index (κ3) is 4.67. The van der Waals surface area contributed by atoms with Crippen LogP contribution in [0.25, 0.3) is 0 Å². The molecule has 1 fully saturated rings. The fraction of sp³-hybridized carbons (Fsp3) is 0.600. The second kappa shape index (κ2) is 7.39. The lowest BCUT2D eigenvalue weighted by Crippen LogP contribution is -2.51. The molecule has 3 unspecified atom stereocenters. The average Bonchev–Trinajstić information content (AvgIpc) is 2.31. The first-order chi connectivity index (χ1) is 8.54. The van der Waals surface area contributed by atoms with E-state index in [1.54, 1.807) is 6.08 Å². The maximum Gasteiger partial charge on any atom is 0.0365 e. The molecule has 0 aromatic heterocycles. The van der Waals surface area contributed by atoms with E-state index in [1.165, 1.54) is 6.42 Å². The van der Waals surface area contributed by atoms with Gasteiger partial charge in [-0.15, -0.1) is 0 Å². The van der Waals surface area contributed by atoms with Crippen LogP contribution in [0.3, 0.4) is 0 Å². The van der Waals surface area contributed by atoms with Gasteiger partial charge >= 0.3 is 0 Å². The Balaban J connectivity index is 2.49. The Bertz CT molecular complexity index is 320. The van der Waals surface area contributed by atoms with Gasteiger partial charge in [0.15, 0.2) is 0 Å². The van der Waals surface area contributed by atoms with Gasteiger partial charge in [0, 0.05) is 23.8 Å². The zero-order valence-electron chi connectivity index (χ0n) is 11.7. The molecule has 4 N–H and O–H groups in total. The van der Waals surface area contributed by atoms with Crippen LogP contribution in [0.4, 0.5) is 0 Å². The number of hydrogen-bond acceptors (Lipinski definition) is 3. The summed E-state index contributed by atoms with van der Waals surface area (Å²) in [6.45, 7) is 13.0. The van der Waals surface area contributed by atoms with Gasteiger partial charge in [-0.2, -0.15) is 0 Å². The molecule has 3 heteroatoms. The lowest BCUT2D eigenvalue weighted by Gasteiger charge is -2.32. The summed E-state index contributed by atoms with van der Waals surface area (Å²) in [6, 6.07) is 1.06. The van der Waals surface area contributed by atoms with Crippen molar-refractivity contribution in [1.29, 1.82) is 0 Å². The first kappa shape index (κ1) is 15.0. The molecule has 0 bridgehead atoms. The van der Waals surface area contributed by atoms with Crippen molar-refractivity contribution in [3.63, 3.8) is 0 Å². The van der Waals surface area contributed by atoms with E-state index in [0.717, 1.165) is 30.7 Å². The second-order valence-corrected chi connectivity index (χ2v) is 5.24. The van der Waals surface area contributed by atoms with Gasteiger partial charge in [0.1, 0.15) is 0 Å². The molecule has 1 saturated heterocycles. The van der Waals surface area contributed by atoms with E-state index >= 15 is 0 Å². The molecule has 102 valence electrons. The zero-order valence-corrected chi connectivity index (χ0v) is 11.7. The predicted molar refractivity (Wildman–Crippen MR) is 79.3 cm³/mol. The van der Waals surface area contributed by atoms with Gasteiger partial charge in [0.05, 0.1) is 0 Å². The fourth-order valence-electron chi connectivity index (χ4n) is 2.37. The first-order valence-corrected chi connectivity index (χ1v) is 6.78. The molecule has 0 saturated carbocycles. The molecule has 0 aliphatic carbocycles. The van der Waals surface area contributed by atoms with Crippen LogP contribution in [-0.2, 0) is 0 Å². The topological polar surface area (TPSA) is 50.1 Å². The van der Waals surface area contributed by atoms with Crippen LogP contribution in [0.1, 0.15) is 33.1 Å². The molecule has 1 heterocycles. The summed E-state index contributed by atoms with van der Waals surface area (Å²) in [7, 11) is 0. The quantitative estimate of drug-likeness (QED) is 0.632. The third-order valence-electron chi connectivity index (χ3n) is 3.39. The molecule has 0 radical (unpaired) electrons. The fourth-order valence-corrected chi connectivity index (χ4v) is 2.37. The van der Waals surface area contributed by atoms with E-state index in [9.17, 15) is 0 Å². The van der Waals surface area contributed by atoms with Gasteiger partial charge < -0.3 is 16.4 Å². The second-order valence-electron chi connectivity index (χ2n) is 5.24. The van der Waals surface area contributed by atoms with Gasteiger partial charge in [0.25, 0.3) is 0 Å². The van der Waals surface area contributed by atoms with E-state index in [-0.39, 0.29) is 6.04 Å². The van der Waals surface area contributed by atoms with E-state index in [0.29, 0.717) is 12.1 Å². The number of nitrogens with one attached hydrogen (secondary N) is 2. The molecular weight excluding hydrogens is 222 g/mol. The lowest BCUT2D eigenvalue weighted by molar-refractivity contribution is 0.313. The lowest BCUT2D eigenvalue weighted by atomic mass is 9.94. The van der Waals surface area contributed by atoms with Crippen molar-refractivity contribution < 1.29 is 0 Å². The van der Waals surface area contributed by atoms with Gasteiger partial charge in [-0.3, -0.25) is 0 Å². The zero-order chi connectivity index (χ0) is 13.5. The highest BCUT2D eigenvalue weighted by molar-refractivity contribution is 5.28. The van der Waals surface area contributed by atoms with E-state index in [2.05, 4.69) is 30.7 Å². The van der Waals surface area contributed by atoms with Crippen molar-refractivity contribution in [2.75, 3.05) is 6.54 Å². The van der Waals surface area contributed by atoms with Crippen molar-refractivity contribution in [2.24, 2.45) is 5.73 Å². The number of piperidine rings is 1. The molecular formula is C15H27N3. The minimum atomic E-state index is 0.277. The largest absolute Gasteiger partial charge is 0.382 e. The van der Waals surface area contributed by atoms with E-state index < -0.39 is 0 Å². The van der Waals surface area contributed by atoms with Crippen molar-refractivity contribution in [3.8, 4) is 0 Å². The normalized spacial score (nSPS) is 26.5. The summed E-state index contributed by atoms with van der Waals surface area (Å²) >= 11 is 0. The van der Waals surface area contributed by atoms with Crippen LogP contribution < -0.4 is 16.4 Å². The summed E-state index contributed by atoms with van der Waals surface area (Å²) in [6.07, 6.45) is 7.09. The number of nitrogens with two attached hydrogens (primary N) is 1. The van der Waals surface area contributed by atoms with Crippen molar-refractivity contribution >= 4 is 0 Å². The molecule has 3 atom stereocenters. The predicted octanol–water partition coefficient (Wildman–Crippen LogP) is 2.08. The minimum absolute atomic E-state index is 0.277. The van der Waals surface area contributed by atoms with Gasteiger partial charge in [-0.05, 0) is 51.3 Å². The highest BCUT2D eigenvalue weighted by Gasteiger charge is 2.23. The summed E-state index contributed by atoms with van der Waals surface area (Å²) in [5, 5.41) is 6.99. The van der Waals surface area contributed by atoms with E-state index in [1.807, 2.05) is 13.0 Å². The van der Waals surface area contributed by atoms with Crippen LogP contribution in [0, 0.1) is 0 Å². The Kier molecular flexibility index (Phi) is 6.16. The van der Waals surface area contributed by atoms with Gasteiger partial charge in [-0.25, -0.2) is 0 Å². The molecule has 0 aromatic rings. The van der Waals surface area contributed by atoms with Crippen molar-refractivity contribution in [1.82, 2.24) is 10.6 Å². The van der Waals surface area contributed by atoms with Crippen LogP contribution in [0.15, 0.2) is 36.6 Å². The summed E-state index contributed by atoms with van der Waals surface area (Å²) in [5.74, 6) is 0. The molecule has 0 aromatic carbocycles. The number of allylic oxidation sites excluding steroid dienone is 3. The number of hydrogen-bond donors (Lipinski definition) is 3. The summed E-state index contributed by atoms with van der Waals surface area (Å²) in [5.41, 5.74) is 8.23. The maximum absolute atomic E-state index is 6.14. The molecule has 1 aliphatic rings. The molecule has 3 nitrogen and oxygen atoms in total. The highest BCUT2D eigenvalue weighted by Crippen LogP contribution is 2.13. The SMILES string of the molecule is C=C/C=C(\NC(C)CC1NCCCC1N)C(=C)C. The molecule has 18 heavy (non-hydrogen) atoms. The van der Waals surface area contributed by atoms with Crippen LogP contribution in [0.5, 0.6) is 0 Å². The average molecular weight is 249 g/mol. The standard InChI is InChI=1S/C15H27N3/c1-5-7-14(11(2)3)18-12(4)10-15-13(16)8-6-9-17-15/h5,7,12-13,15,17-18H,1-2,6,8-10,16H2,3-4H3/b14-7-. The smallest absolute Gasteiger partial charge is 0.0365 e. The Morgan fingerprint density at radius 1 is 1.61 bits per heavy atom. The van der Waals surface area contributed by atoms with Crippen LogP contribution >= 0.6 is 0 Å². The molecule has 1 aliphatic heterocycles. The molecule has 0 spiro atoms. The maximum atomic E-state index is 6.14. The van der Waals surface area contributed by atoms with Crippen LogP contribution in [-0.4, -0.2) is 24.7 Å². The highest BCUT2D eigenvalue weighted by atomic mass is 15.0. The Morgan fingerprint density at radius 3 is 2.89 bits per heavy atom. The summed E-state index contributed by atoms with van der Waals surface area (Å²) < 4.78 is 0. The van der Waals surface area contributed by atoms with Crippen molar-refractivity contribution in [2.45, 2.75) is 51.2 Å². The van der Waals surface area contributed by atoms with Crippen LogP contribution in [0.2, 0.25) is 0 Å². The molecule has 0 amide bonds. The van der Waals surface area contributed by atoms with Crippen molar-refractivity contribution in [3.05, 3.63) is 36.6 Å². The minimum Gasteiger partial charge on any atom is -0.382 e. The molecule has 1 rings (SSSR count). The monoisotopic (exact) mass is 249 g/mol. The van der Waals surface area contributed by atoms with Gasteiger partial charge in [0.2, 0.25) is 0 Å². The first-order valence-electron chi connectivity index (χ1n) is 6.78. The Labute approximate surface area is 111 Å².